The number of benzene rings is 3. The summed E-state index contributed by atoms with van der Waals surface area (Å²) in [6, 6.07) is 17.2. The molecule has 7 nitrogen and oxygen atoms in total. The van der Waals surface area contributed by atoms with Crippen LogP contribution in [0.25, 0.3) is 0 Å². The minimum Gasteiger partial charge on any atom is -0.337 e. The van der Waals surface area contributed by atoms with Gasteiger partial charge in [0.05, 0.1) is 23.8 Å². The molecule has 190 valence electrons. The Hall–Kier alpha value is -3.56. The average Bonchev–Trinajstić information content (AvgIpc) is 3.25. The van der Waals surface area contributed by atoms with Gasteiger partial charge in [0.2, 0.25) is 5.91 Å². The first kappa shape index (κ1) is 25.1. The molecule has 0 spiro atoms. The Labute approximate surface area is 222 Å². The van der Waals surface area contributed by atoms with Crippen LogP contribution in [0.3, 0.4) is 0 Å². The van der Waals surface area contributed by atoms with Crippen LogP contribution in [0.4, 0.5) is 15.8 Å². The van der Waals surface area contributed by atoms with Crippen molar-refractivity contribution in [2.45, 2.75) is 18.9 Å². The van der Waals surface area contributed by atoms with Gasteiger partial charge in [-0.25, -0.2) is 4.39 Å². The lowest BCUT2D eigenvalue weighted by atomic mass is 9.99. The Morgan fingerprint density at radius 2 is 1.70 bits per heavy atom. The average molecular weight is 565 g/mol. The zero-order chi connectivity index (χ0) is 25.9. The molecule has 3 aromatic rings. The molecule has 1 saturated heterocycles. The van der Waals surface area contributed by atoms with Gasteiger partial charge in [0.25, 0.3) is 11.8 Å². The number of amides is 3. The van der Waals surface area contributed by atoms with E-state index in [1.54, 1.807) is 58.3 Å². The topological polar surface area (TPSA) is 81.8 Å². The second-order valence-electron chi connectivity index (χ2n) is 9.13. The van der Waals surface area contributed by atoms with E-state index in [-0.39, 0.29) is 24.1 Å². The number of hydrogen-bond acceptors (Lipinski definition) is 4. The Kier molecular flexibility index (Phi) is 7.34. The van der Waals surface area contributed by atoms with E-state index in [0.717, 1.165) is 24.0 Å². The van der Waals surface area contributed by atoms with Crippen LogP contribution in [-0.4, -0.2) is 48.8 Å². The van der Waals surface area contributed by atoms with Crippen LogP contribution in [0.15, 0.2) is 71.2 Å². The maximum atomic E-state index is 13.9. The van der Waals surface area contributed by atoms with Crippen LogP contribution >= 0.6 is 15.9 Å². The Morgan fingerprint density at radius 3 is 2.49 bits per heavy atom. The van der Waals surface area contributed by atoms with Crippen LogP contribution in [0.2, 0.25) is 0 Å². The summed E-state index contributed by atoms with van der Waals surface area (Å²) in [6.45, 7) is 2.83. The number of halogens is 2. The molecular weight excluding hydrogens is 539 g/mol. The number of nitrogens with one attached hydrogen (secondary N) is 2. The first-order valence-electron chi connectivity index (χ1n) is 12.2. The van der Waals surface area contributed by atoms with E-state index in [1.807, 2.05) is 6.07 Å². The molecule has 3 amide bonds. The van der Waals surface area contributed by atoms with Crippen molar-refractivity contribution in [2.75, 3.05) is 36.4 Å². The summed E-state index contributed by atoms with van der Waals surface area (Å²) in [5.41, 5.74) is 2.36. The quantitative estimate of drug-likeness (QED) is 0.481. The molecule has 2 heterocycles. The molecule has 0 radical (unpaired) electrons. The van der Waals surface area contributed by atoms with E-state index in [0.29, 0.717) is 41.2 Å². The molecule has 37 heavy (non-hydrogen) atoms. The number of fused-ring (bicyclic) bond motifs is 1. The van der Waals surface area contributed by atoms with Crippen molar-refractivity contribution in [1.82, 2.24) is 10.2 Å². The lowest BCUT2D eigenvalue weighted by Gasteiger charge is -2.31. The summed E-state index contributed by atoms with van der Waals surface area (Å²) in [7, 11) is 0. The van der Waals surface area contributed by atoms with Crippen molar-refractivity contribution >= 4 is 45.0 Å². The van der Waals surface area contributed by atoms with Crippen LogP contribution in [0, 0.1) is 5.82 Å². The molecule has 9 heteroatoms. The number of rotatable bonds is 3. The summed E-state index contributed by atoms with van der Waals surface area (Å²) in [6.07, 6.45) is 0.836. The Bertz CT molecular complexity index is 1340. The van der Waals surface area contributed by atoms with E-state index in [4.69, 9.17) is 0 Å². The normalized spacial score (nSPS) is 17.9. The van der Waals surface area contributed by atoms with E-state index in [9.17, 15) is 18.8 Å². The largest absolute Gasteiger partial charge is 0.337 e. The predicted octanol–water partition coefficient (Wildman–Crippen LogP) is 4.75. The van der Waals surface area contributed by atoms with Crippen molar-refractivity contribution in [2.24, 2.45) is 0 Å². The third-order valence-electron chi connectivity index (χ3n) is 6.64. The molecule has 1 fully saturated rings. The van der Waals surface area contributed by atoms with E-state index >= 15 is 0 Å². The molecular formula is C28H26BrFN4O3. The zero-order valence-corrected chi connectivity index (χ0v) is 21.6. The molecule has 5 rings (SSSR count). The van der Waals surface area contributed by atoms with Crippen molar-refractivity contribution in [1.29, 1.82) is 0 Å². The van der Waals surface area contributed by atoms with Gasteiger partial charge in [-0.1, -0.05) is 34.1 Å². The fraction of sp³-hybridized carbons (Fsp3) is 0.250. The molecule has 0 saturated carbocycles. The summed E-state index contributed by atoms with van der Waals surface area (Å²) in [5, 5.41) is 6.18. The van der Waals surface area contributed by atoms with Gasteiger partial charge in [-0.15, -0.1) is 0 Å². The molecule has 2 N–H and O–H groups in total. The summed E-state index contributed by atoms with van der Waals surface area (Å²) >= 11 is 3.42. The summed E-state index contributed by atoms with van der Waals surface area (Å²) in [5.74, 6) is -1.14. The second kappa shape index (κ2) is 10.8. The van der Waals surface area contributed by atoms with Crippen molar-refractivity contribution in [3.8, 4) is 0 Å². The van der Waals surface area contributed by atoms with Gasteiger partial charge in [0.15, 0.2) is 0 Å². The third-order valence-corrected chi connectivity index (χ3v) is 7.13. The van der Waals surface area contributed by atoms with Gasteiger partial charge in [-0.05, 0) is 67.1 Å². The fourth-order valence-electron chi connectivity index (χ4n) is 4.81. The monoisotopic (exact) mass is 564 g/mol. The number of hydrogen-bond donors (Lipinski definition) is 2. The maximum absolute atomic E-state index is 13.9. The maximum Gasteiger partial charge on any atom is 0.258 e. The lowest BCUT2D eigenvalue weighted by molar-refractivity contribution is -0.116. The van der Waals surface area contributed by atoms with Crippen LogP contribution in [0.1, 0.15) is 45.2 Å². The van der Waals surface area contributed by atoms with E-state index in [2.05, 4.69) is 26.6 Å². The summed E-state index contributed by atoms with van der Waals surface area (Å²) < 4.78 is 14.5. The predicted molar refractivity (Wildman–Crippen MR) is 143 cm³/mol. The van der Waals surface area contributed by atoms with Crippen LogP contribution in [0.5, 0.6) is 0 Å². The molecule has 2 aliphatic heterocycles. The van der Waals surface area contributed by atoms with Crippen LogP contribution in [-0.2, 0) is 4.79 Å². The first-order chi connectivity index (χ1) is 17.9. The Morgan fingerprint density at radius 1 is 0.919 bits per heavy atom. The molecule has 1 unspecified atom stereocenters. The van der Waals surface area contributed by atoms with Crippen molar-refractivity contribution in [3.05, 3.63) is 93.7 Å². The first-order valence-corrected chi connectivity index (χ1v) is 13.0. The van der Waals surface area contributed by atoms with Crippen LogP contribution < -0.4 is 15.5 Å². The number of anilines is 2. The van der Waals surface area contributed by atoms with Crippen molar-refractivity contribution < 1.29 is 18.8 Å². The standard InChI is InChI=1S/C28H26BrFN4O3/c29-21-4-1-3-19(15-21)28(37)34-24-10-7-20(27(36)33-13-2-11-31-12-14-33)16-23(24)32-26(35)17-25(34)18-5-8-22(30)9-6-18/h1,3-10,15-16,25,31H,2,11-14,17H2,(H,32,35). The van der Waals surface area contributed by atoms with Crippen molar-refractivity contribution in [3.63, 3.8) is 0 Å². The molecule has 0 bridgehead atoms. The minimum absolute atomic E-state index is 0.0267. The van der Waals surface area contributed by atoms with Gasteiger partial charge in [0, 0.05) is 35.2 Å². The molecule has 3 aromatic carbocycles. The van der Waals surface area contributed by atoms with Gasteiger partial charge in [-0.3, -0.25) is 19.3 Å². The minimum atomic E-state index is -0.674. The molecule has 0 aromatic heterocycles. The smallest absolute Gasteiger partial charge is 0.258 e. The third kappa shape index (κ3) is 5.42. The number of carbonyl (C=O) groups is 3. The van der Waals surface area contributed by atoms with Gasteiger partial charge in [-0.2, -0.15) is 0 Å². The highest BCUT2D eigenvalue weighted by molar-refractivity contribution is 9.10. The van der Waals surface area contributed by atoms with E-state index < -0.39 is 11.9 Å². The number of nitrogens with zero attached hydrogens (tertiary/aromatic N) is 2. The highest BCUT2D eigenvalue weighted by Gasteiger charge is 2.35. The molecule has 2 aliphatic rings. The highest BCUT2D eigenvalue weighted by atomic mass is 79.9. The second-order valence-corrected chi connectivity index (χ2v) is 10.0. The van der Waals surface area contributed by atoms with E-state index in [1.165, 1.54) is 12.1 Å². The fourth-order valence-corrected chi connectivity index (χ4v) is 5.21. The Balaban J connectivity index is 1.59. The van der Waals surface area contributed by atoms with Gasteiger partial charge in [0.1, 0.15) is 5.82 Å². The molecule has 0 aliphatic carbocycles. The lowest BCUT2D eigenvalue weighted by Crippen LogP contribution is -2.35. The van der Waals surface area contributed by atoms with Gasteiger partial charge < -0.3 is 15.5 Å². The number of carbonyl (C=O) groups excluding carboxylic acids is 3. The molecule has 1 atom stereocenters. The summed E-state index contributed by atoms with van der Waals surface area (Å²) in [4.78, 5) is 43.6. The highest BCUT2D eigenvalue weighted by Crippen LogP contribution is 2.40. The SMILES string of the molecule is O=C1CC(c2ccc(F)cc2)N(C(=O)c2cccc(Br)c2)c2ccc(C(=O)N3CCCNCC3)cc2N1. The van der Waals surface area contributed by atoms with Gasteiger partial charge >= 0.3 is 0 Å². The zero-order valence-electron chi connectivity index (χ0n) is 20.0.